The van der Waals surface area contributed by atoms with Gasteiger partial charge in [0.25, 0.3) is 0 Å². The highest BCUT2D eigenvalue weighted by molar-refractivity contribution is 7.98. The van der Waals surface area contributed by atoms with Gasteiger partial charge in [-0.2, -0.15) is 16.8 Å². The molecule has 0 saturated heterocycles. The summed E-state index contributed by atoms with van der Waals surface area (Å²) >= 11 is 2.95. The number of aryl methyl sites for hydroxylation is 2. The van der Waals surface area contributed by atoms with Crippen LogP contribution in [-0.4, -0.2) is 42.3 Å². The summed E-state index contributed by atoms with van der Waals surface area (Å²) in [7, 11) is -3.31. The van der Waals surface area contributed by atoms with E-state index in [2.05, 4.69) is 10.1 Å². The Labute approximate surface area is 158 Å². The van der Waals surface area contributed by atoms with Crippen molar-refractivity contribution in [2.45, 2.75) is 18.4 Å². The smallest absolute Gasteiger partial charge is 0.318 e. The van der Waals surface area contributed by atoms with E-state index in [-0.39, 0.29) is 10.7 Å². The maximum absolute atomic E-state index is 12.3. The molecule has 26 heavy (non-hydrogen) atoms. The van der Waals surface area contributed by atoms with Crippen LogP contribution in [0.15, 0.2) is 38.7 Å². The lowest BCUT2D eigenvalue weighted by molar-refractivity contribution is 0.0962. The molecule has 10 heteroatoms. The van der Waals surface area contributed by atoms with Crippen molar-refractivity contribution in [3.63, 3.8) is 0 Å². The van der Waals surface area contributed by atoms with Crippen molar-refractivity contribution in [3.8, 4) is 0 Å². The average molecular weight is 412 g/mol. The number of sulfone groups is 1. The largest absolute Gasteiger partial charge is 0.351 e. The number of rotatable bonds is 5. The molecule has 1 amide bonds. The zero-order valence-electron chi connectivity index (χ0n) is 14.4. The summed E-state index contributed by atoms with van der Waals surface area (Å²) in [5, 5.41) is 3.70. The summed E-state index contributed by atoms with van der Waals surface area (Å²) in [6, 6.07) is 6.48. The fourth-order valence-corrected chi connectivity index (χ4v) is 4.56. The Bertz CT molecular complexity index is 1140. The van der Waals surface area contributed by atoms with Gasteiger partial charge in [0.15, 0.2) is 14.6 Å². The Hall–Kier alpha value is -1.91. The minimum absolute atomic E-state index is 0.0770. The van der Waals surface area contributed by atoms with Crippen LogP contribution in [-0.2, 0) is 16.4 Å². The Morgan fingerprint density at radius 2 is 2.15 bits per heavy atom. The van der Waals surface area contributed by atoms with Gasteiger partial charge in [-0.1, -0.05) is 16.5 Å². The maximum atomic E-state index is 12.3. The van der Waals surface area contributed by atoms with E-state index in [9.17, 15) is 13.2 Å². The third kappa shape index (κ3) is 3.92. The fraction of sp³-hybridized carbons (Fsp3) is 0.312. The van der Waals surface area contributed by atoms with Crippen LogP contribution >= 0.6 is 23.1 Å². The summed E-state index contributed by atoms with van der Waals surface area (Å²) in [5.74, 6) is 0.397. The van der Waals surface area contributed by atoms with Crippen LogP contribution in [0.5, 0.6) is 0 Å². The Kier molecular flexibility index (Phi) is 5.35. The molecule has 7 nitrogen and oxygen atoms in total. The van der Waals surface area contributed by atoms with Crippen molar-refractivity contribution in [2.75, 3.05) is 18.3 Å². The average Bonchev–Trinajstić information content (AvgIpc) is 3.15. The standard InChI is InChI=1S/C16H17N3O4S3/c1-10-8-13(23-18-10)15(20)17-16-19(6-7-24-2)12-5-4-11(26(3,21)22)9-14(12)25-16/h4-5,8-9H,6-7H2,1-3H3. The molecule has 0 fully saturated rings. The van der Waals surface area contributed by atoms with Gasteiger partial charge in [0.2, 0.25) is 5.76 Å². The van der Waals surface area contributed by atoms with Crippen LogP contribution in [0.4, 0.5) is 0 Å². The number of carbonyl (C=O) groups excluding carboxylic acids is 1. The van der Waals surface area contributed by atoms with Crippen LogP contribution in [0.1, 0.15) is 16.2 Å². The molecule has 0 radical (unpaired) electrons. The second-order valence-electron chi connectivity index (χ2n) is 5.68. The van der Waals surface area contributed by atoms with Crippen molar-refractivity contribution in [1.29, 1.82) is 0 Å². The molecule has 0 N–H and O–H groups in total. The summed E-state index contributed by atoms with van der Waals surface area (Å²) in [6.07, 6.45) is 3.17. The Balaban J connectivity index is 2.16. The fourth-order valence-electron chi connectivity index (χ4n) is 2.37. The number of benzene rings is 1. The Morgan fingerprint density at radius 1 is 1.38 bits per heavy atom. The first-order valence-electron chi connectivity index (χ1n) is 7.64. The van der Waals surface area contributed by atoms with Crippen molar-refractivity contribution in [3.05, 3.63) is 40.5 Å². The molecule has 1 aromatic carbocycles. The van der Waals surface area contributed by atoms with Crippen LogP contribution in [0.2, 0.25) is 0 Å². The first kappa shape index (κ1) is 18.9. The van der Waals surface area contributed by atoms with Crippen LogP contribution < -0.4 is 4.80 Å². The lowest BCUT2D eigenvalue weighted by Gasteiger charge is -2.04. The molecule has 138 valence electrons. The van der Waals surface area contributed by atoms with Crippen LogP contribution in [0, 0.1) is 6.92 Å². The maximum Gasteiger partial charge on any atom is 0.318 e. The zero-order valence-corrected chi connectivity index (χ0v) is 16.9. The molecule has 0 spiro atoms. The normalized spacial score (nSPS) is 12.8. The highest BCUT2D eigenvalue weighted by atomic mass is 32.2. The van der Waals surface area contributed by atoms with E-state index in [1.54, 1.807) is 36.9 Å². The van der Waals surface area contributed by atoms with Crippen LogP contribution in [0.25, 0.3) is 10.2 Å². The molecule has 0 atom stereocenters. The predicted octanol–water partition coefficient (Wildman–Crippen LogP) is 2.51. The van der Waals surface area contributed by atoms with E-state index in [0.29, 0.717) is 17.0 Å². The summed E-state index contributed by atoms with van der Waals surface area (Å²) in [4.78, 5) is 17.3. The topological polar surface area (TPSA) is 94.5 Å². The van der Waals surface area contributed by atoms with E-state index in [1.165, 1.54) is 23.7 Å². The van der Waals surface area contributed by atoms with Crippen molar-refractivity contribution in [1.82, 2.24) is 9.72 Å². The second-order valence-corrected chi connectivity index (χ2v) is 9.69. The van der Waals surface area contributed by atoms with Gasteiger partial charge >= 0.3 is 5.91 Å². The molecule has 0 aliphatic rings. The monoisotopic (exact) mass is 411 g/mol. The predicted molar refractivity (Wildman–Crippen MR) is 102 cm³/mol. The third-order valence-electron chi connectivity index (χ3n) is 3.64. The number of thiazole rings is 1. The van der Waals surface area contributed by atoms with Crippen LogP contribution in [0.3, 0.4) is 0 Å². The molecular weight excluding hydrogens is 394 g/mol. The van der Waals surface area contributed by atoms with Crippen molar-refractivity contribution >= 4 is 49.1 Å². The van der Waals surface area contributed by atoms with E-state index in [4.69, 9.17) is 4.52 Å². The van der Waals surface area contributed by atoms with E-state index in [1.807, 2.05) is 10.8 Å². The lowest BCUT2D eigenvalue weighted by atomic mass is 10.3. The van der Waals surface area contributed by atoms with Gasteiger partial charge in [-0.05, 0) is 31.4 Å². The number of carbonyl (C=O) groups is 1. The number of hydrogen-bond acceptors (Lipinski definition) is 7. The number of nitrogens with zero attached hydrogens (tertiary/aromatic N) is 3. The molecule has 3 aromatic rings. The molecular formula is C16H17N3O4S3. The van der Waals surface area contributed by atoms with Gasteiger partial charge in [-0.3, -0.25) is 4.79 Å². The molecule has 0 aliphatic carbocycles. The zero-order chi connectivity index (χ0) is 18.9. The van der Waals surface area contributed by atoms with Gasteiger partial charge < -0.3 is 9.09 Å². The minimum Gasteiger partial charge on any atom is -0.351 e. The lowest BCUT2D eigenvalue weighted by Crippen LogP contribution is -2.18. The Morgan fingerprint density at radius 3 is 2.77 bits per heavy atom. The van der Waals surface area contributed by atoms with E-state index >= 15 is 0 Å². The highest BCUT2D eigenvalue weighted by Gasteiger charge is 2.15. The number of aromatic nitrogens is 2. The van der Waals surface area contributed by atoms with E-state index in [0.717, 1.165) is 16.0 Å². The first-order chi connectivity index (χ1) is 12.3. The van der Waals surface area contributed by atoms with Crippen molar-refractivity contribution < 1.29 is 17.7 Å². The van der Waals surface area contributed by atoms with Gasteiger partial charge in [0, 0.05) is 24.6 Å². The van der Waals surface area contributed by atoms with Gasteiger partial charge in [-0.15, -0.1) is 0 Å². The van der Waals surface area contributed by atoms with Crippen molar-refractivity contribution in [2.24, 2.45) is 4.99 Å². The van der Waals surface area contributed by atoms with Gasteiger partial charge in [0.1, 0.15) is 0 Å². The SMILES string of the molecule is CSCCn1c(=NC(=O)c2cc(C)no2)sc2cc(S(C)(=O)=O)ccc21. The molecule has 0 aliphatic heterocycles. The number of hydrogen-bond donors (Lipinski definition) is 0. The van der Waals surface area contributed by atoms with Gasteiger partial charge in [0.05, 0.1) is 20.8 Å². The molecule has 0 saturated carbocycles. The van der Waals surface area contributed by atoms with E-state index < -0.39 is 15.7 Å². The van der Waals surface area contributed by atoms with Gasteiger partial charge in [-0.25, -0.2) is 8.42 Å². The summed E-state index contributed by atoms with van der Waals surface area (Å²) < 4.78 is 31.3. The summed E-state index contributed by atoms with van der Waals surface area (Å²) in [6.45, 7) is 2.38. The number of thioether (sulfide) groups is 1. The molecule has 0 unspecified atom stereocenters. The highest BCUT2D eigenvalue weighted by Crippen LogP contribution is 2.22. The third-order valence-corrected chi connectivity index (χ3v) is 6.38. The minimum atomic E-state index is -3.31. The molecule has 3 rings (SSSR count). The second kappa shape index (κ2) is 7.37. The first-order valence-corrected chi connectivity index (χ1v) is 11.7. The molecule has 2 heterocycles. The molecule has 0 bridgehead atoms. The summed E-state index contributed by atoms with van der Waals surface area (Å²) in [5.41, 5.74) is 1.45. The number of fused-ring (bicyclic) bond motifs is 1. The molecule has 2 aromatic heterocycles. The quantitative estimate of drug-likeness (QED) is 0.640. The number of amides is 1.